The zero-order chi connectivity index (χ0) is 20.8. The maximum absolute atomic E-state index is 12.1. The largest absolute Gasteiger partial charge is 0.484 e. The van der Waals surface area contributed by atoms with Gasteiger partial charge in [0.1, 0.15) is 5.75 Å². The molecule has 2 aromatic carbocycles. The molecule has 0 unspecified atom stereocenters. The van der Waals surface area contributed by atoms with Crippen LogP contribution in [0.2, 0.25) is 0 Å². The molecule has 0 bridgehead atoms. The topological polar surface area (TPSA) is 88.0 Å². The second-order valence-corrected chi connectivity index (χ2v) is 7.09. The predicted octanol–water partition coefficient (Wildman–Crippen LogP) is 2.51. The number of rotatable bonds is 5. The van der Waals surface area contributed by atoms with Crippen LogP contribution in [-0.4, -0.2) is 53.6 Å². The molecule has 2 aromatic rings. The minimum Gasteiger partial charge on any atom is -0.484 e. The van der Waals surface area contributed by atoms with Crippen molar-refractivity contribution in [1.82, 2.24) is 10.2 Å². The molecule has 1 amide bonds. The molecule has 1 aliphatic heterocycles. The molecule has 0 saturated carbocycles. The number of anilines is 1. The van der Waals surface area contributed by atoms with Crippen molar-refractivity contribution in [3.63, 3.8) is 0 Å². The molecule has 9 heteroatoms. The number of ether oxygens (including phenoxy) is 1. The highest BCUT2D eigenvalue weighted by molar-refractivity contribution is 7.80. The van der Waals surface area contributed by atoms with E-state index in [0.29, 0.717) is 37.0 Å². The molecule has 152 valence electrons. The number of benzene rings is 2. The van der Waals surface area contributed by atoms with Gasteiger partial charge in [-0.15, -0.1) is 0 Å². The lowest BCUT2D eigenvalue weighted by molar-refractivity contribution is -0.384. The van der Waals surface area contributed by atoms with Crippen molar-refractivity contribution < 1.29 is 14.5 Å². The Kier molecular flexibility index (Phi) is 6.61. The van der Waals surface area contributed by atoms with Crippen LogP contribution in [0.1, 0.15) is 5.56 Å². The lowest BCUT2D eigenvalue weighted by atomic mass is 10.2. The highest BCUT2D eigenvalue weighted by atomic mass is 32.1. The molecule has 1 saturated heterocycles. The monoisotopic (exact) mass is 414 g/mol. The molecule has 1 N–H and O–H groups in total. The van der Waals surface area contributed by atoms with E-state index in [1.165, 1.54) is 12.1 Å². The first-order valence-corrected chi connectivity index (χ1v) is 9.61. The van der Waals surface area contributed by atoms with Crippen LogP contribution in [0.25, 0.3) is 0 Å². The van der Waals surface area contributed by atoms with Crippen molar-refractivity contribution in [2.75, 3.05) is 37.7 Å². The number of thiocarbonyl (C=S) groups is 1. The maximum atomic E-state index is 12.1. The summed E-state index contributed by atoms with van der Waals surface area (Å²) >= 11 is 5.34. The van der Waals surface area contributed by atoms with E-state index in [-0.39, 0.29) is 18.2 Å². The minimum absolute atomic E-state index is 0.0733. The number of amides is 1. The molecular weight excluding hydrogens is 392 g/mol. The fraction of sp³-hybridized carbons (Fsp3) is 0.300. The van der Waals surface area contributed by atoms with Crippen LogP contribution in [0.15, 0.2) is 48.5 Å². The Balaban J connectivity index is 1.43. The van der Waals surface area contributed by atoms with Crippen LogP contribution in [0.4, 0.5) is 11.4 Å². The number of nitrogens with zero attached hydrogens (tertiary/aromatic N) is 3. The maximum Gasteiger partial charge on any atom is 0.269 e. The van der Waals surface area contributed by atoms with Gasteiger partial charge in [0.25, 0.3) is 11.6 Å². The van der Waals surface area contributed by atoms with E-state index < -0.39 is 4.92 Å². The van der Waals surface area contributed by atoms with Crippen LogP contribution >= 0.6 is 12.2 Å². The molecule has 0 atom stereocenters. The minimum atomic E-state index is -0.411. The van der Waals surface area contributed by atoms with E-state index in [4.69, 9.17) is 17.0 Å². The van der Waals surface area contributed by atoms with Gasteiger partial charge in [0, 0.05) is 44.0 Å². The highest BCUT2D eigenvalue weighted by Crippen LogP contribution is 2.20. The number of nitrogens with one attached hydrogen (secondary N) is 1. The molecular formula is C20H22N4O4S. The number of carbonyl (C=O) groups is 1. The van der Waals surface area contributed by atoms with E-state index in [1.807, 2.05) is 36.1 Å². The summed E-state index contributed by atoms with van der Waals surface area (Å²) in [6, 6.07) is 14.0. The molecule has 1 fully saturated rings. The molecule has 0 aliphatic carbocycles. The molecule has 0 radical (unpaired) electrons. The Bertz CT molecular complexity index is 878. The normalized spacial score (nSPS) is 13.7. The number of hydrogen-bond donors (Lipinski definition) is 1. The molecule has 1 heterocycles. The average Bonchev–Trinajstić information content (AvgIpc) is 2.73. The second kappa shape index (κ2) is 9.33. The van der Waals surface area contributed by atoms with Gasteiger partial charge < -0.3 is 19.9 Å². The number of aryl methyl sites for hydroxylation is 1. The quantitative estimate of drug-likeness (QED) is 0.457. The predicted molar refractivity (Wildman–Crippen MR) is 114 cm³/mol. The Hall–Kier alpha value is -3.20. The van der Waals surface area contributed by atoms with Gasteiger partial charge in [-0.2, -0.15) is 0 Å². The van der Waals surface area contributed by atoms with Crippen LogP contribution in [0.3, 0.4) is 0 Å². The van der Waals surface area contributed by atoms with Crippen LogP contribution in [0, 0.1) is 17.0 Å². The lowest BCUT2D eigenvalue weighted by Gasteiger charge is -2.37. The summed E-state index contributed by atoms with van der Waals surface area (Å²) in [7, 11) is 0. The number of non-ortho nitro benzene ring substituents is 1. The molecule has 1 aliphatic rings. The molecule has 29 heavy (non-hydrogen) atoms. The fourth-order valence-corrected chi connectivity index (χ4v) is 3.27. The number of hydrogen-bond acceptors (Lipinski definition) is 6. The third kappa shape index (κ3) is 5.64. The van der Waals surface area contributed by atoms with Crippen molar-refractivity contribution in [2.24, 2.45) is 0 Å². The van der Waals surface area contributed by atoms with Crippen LogP contribution < -0.4 is 15.0 Å². The van der Waals surface area contributed by atoms with Gasteiger partial charge in [0.15, 0.2) is 11.7 Å². The zero-order valence-electron chi connectivity index (χ0n) is 16.0. The zero-order valence-corrected chi connectivity index (χ0v) is 16.9. The first-order valence-electron chi connectivity index (χ1n) is 9.20. The summed E-state index contributed by atoms with van der Waals surface area (Å²) in [6.07, 6.45) is 0. The molecule has 0 aromatic heterocycles. The van der Waals surface area contributed by atoms with Gasteiger partial charge in [-0.25, -0.2) is 0 Å². The Morgan fingerprint density at radius 3 is 2.31 bits per heavy atom. The SMILES string of the molecule is Cc1ccc(OCC(=O)NC(=S)N2CCN(c3ccc([N+](=O)[O-])cc3)CC2)cc1. The van der Waals surface area contributed by atoms with Gasteiger partial charge in [-0.3, -0.25) is 14.9 Å². The summed E-state index contributed by atoms with van der Waals surface area (Å²) < 4.78 is 5.47. The number of nitro groups is 1. The average molecular weight is 414 g/mol. The van der Waals surface area contributed by atoms with Crippen molar-refractivity contribution in [3.05, 3.63) is 64.2 Å². The van der Waals surface area contributed by atoms with E-state index in [0.717, 1.165) is 11.3 Å². The van der Waals surface area contributed by atoms with Crippen LogP contribution in [-0.2, 0) is 4.79 Å². The lowest BCUT2D eigenvalue weighted by Crippen LogP contribution is -2.53. The summed E-state index contributed by atoms with van der Waals surface area (Å²) in [5.74, 6) is 0.335. The first-order chi connectivity index (χ1) is 13.9. The van der Waals surface area contributed by atoms with Gasteiger partial charge >= 0.3 is 0 Å². The highest BCUT2D eigenvalue weighted by Gasteiger charge is 2.21. The van der Waals surface area contributed by atoms with Crippen molar-refractivity contribution in [1.29, 1.82) is 0 Å². The molecule has 0 spiro atoms. The standard InChI is InChI=1S/C20H22N4O4S/c1-15-2-8-18(9-3-15)28-14-19(25)21-20(29)23-12-10-22(11-13-23)16-4-6-17(7-5-16)24(26)27/h2-9H,10-14H2,1H3,(H,21,25,29). The Morgan fingerprint density at radius 1 is 1.10 bits per heavy atom. The van der Waals surface area contributed by atoms with E-state index in [1.54, 1.807) is 12.1 Å². The summed E-state index contributed by atoms with van der Waals surface area (Å²) in [5, 5.41) is 13.8. The first kappa shape index (κ1) is 20.5. The fourth-order valence-electron chi connectivity index (χ4n) is 2.97. The summed E-state index contributed by atoms with van der Waals surface area (Å²) in [6.45, 7) is 4.58. The number of nitro benzene ring substituents is 1. The van der Waals surface area contributed by atoms with Gasteiger partial charge in [-0.05, 0) is 43.4 Å². The summed E-state index contributed by atoms with van der Waals surface area (Å²) in [5.41, 5.74) is 2.12. The smallest absolute Gasteiger partial charge is 0.269 e. The number of carbonyl (C=O) groups excluding carboxylic acids is 1. The molecule has 3 rings (SSSR count). The third-order valence-electron chi connectivity index (χ3n) is 4.63. The third-order valence-corrected chi connectivity index (χ3v) is 4.99. The second-order valence-electron chi connectivity index (χ2n) is 6.70. The van der Waals surface area contributed by atoms with Crippen LogP contribution in [0.5, 0.6) is 5.75 Å². The van der Waals surface area contributed by atoms with Gasteiger partial charge in [-0.1, -0.05) is 17.7 Å². The van der Waals surface area contributed by atoms with E-state index in [2.05, 4.69) is 10.2 Å². The van der Waals surface area contributed by atoms with Gasteiger partial charge in [0.05, 0.1) is 4.92 Å². The summed E-state index contributed by atoms with van der Waals surface area (Å²) in [4.78, 5) is 26.5. The van der Waals surface area contributed by atoms with Crippen molar-refractivity contribution in [2.45, 2.75) is 6.92 Å². The Labute approximate surface area is 174 Å². The van der Waals surface area contributed by atoms with Gasteiger partial charge in [0.2, 0.25) is 0 Å². The molecule has 8 nitrogen and oxygen atoms in total. The Morgan fingerprint density at radius 2 is 1.72 bits per heavy atom. The van der Waals surface area contributed by atoms with E-state index in [9.17, 15) is 14.9 Å². The number of piperazine rings is 1. The van der Waals surface area contributed by atoms with Crippen molar-refractivity contribution in [3.8, 4) is 5.75 Å². The van der Waals surface area contributed by atoms with E-state index >= 15 is 0 Å². The van der Waals surface area contributed by atoms with Crippen molar-refractivity contribution >= 4 is 34.6 Å².